The minimum absolute atomic E-state index is 0.104. The number of nitrogens with one attached hydrogen (secondary N) is 1. The van der Waals surface area contributed by atoms with Crippen LogP contribution in [0.15, 0.2) is 35.0 Å². The van der Waals surface area contributed by atoms with Crippen molar-refractivity contribution in [2.75, 3.05) is 26.3 Å². The van der Waals surface area contributed by atoms with E-state index < -0.39 is 0 Å². The molecule has 1 atom stereocenters. The van der Waals surface area contributed by atoms with Crippen LogP contribution in [0.5, 0.6) is 0 Å². The first-order chi connectivity index (χ1) is 11.6. The van der Waals surface area contributed by atoms with Gasteiger partial charge in [-0.2, -0.15) is 0 Å². The van der Waals surface area contributed by atoms with Crippen LogP contribution in [0.25, 0.3) is 0 Å². The van der Waals surface area contributed by atoms with Crippen molar-refractivity contribution in [2.45, 2.75) is 26.4 Å². The summed E-state index contributed by atoms with van der Waals surface area (Å²) in [6, 6.07) is 5.63. The molecule has 128 valence electrons. The highest BCUT2D eigenvalue weighted by atomic mass is 16.5. The van der Waals surface area contributed by atoms with Crippen LogP contribution in [0, 0.1) is 6.92 Å². The second kappa shape index (κ2) is 7.59. The van der Waals surface area contributed by atoms with Gasteiger partial charge in [0.15, 0.2) is 5.76 Å². The van der Waals surface area contributed by atoms with E-state index in [1.165, 1.54) is 0 Å². The highest BCUT2D eigenvalue weighted by Crippen LogP contribution is 2.19. The van der Waals surface area contributed by atoms with Crippen LogP contribution < -0.4 is 5.32 Å². The van der Waals surface area contributed by atoms with Gasteiger partial charge in [0, 0.05) is 31.0 Å². The predicted octanol–water partition coefficient (Wildman–Crippen LogP) is 2.31. The normalized spacial score (nSPS) is 16.8. The number of hydrogen-bond donors (Lipinski definition) is 1. The number of nitrogens with zero attached hydrogens (tertiary/aromatic N) is 2. The van der Waals surface area contributed by atoms with Crippen molar-refractivity contribution in [3.8, 4) is 0 Å². The molecule has 6 heteroatoms. The van der Waals surface area contributed by atoms with E-state index in [0.29, 0.717) is 12.3 Å². The van der Waals surface area contributed by atoms with Crippen molar-refractivity contribution in [1.29, 1.82) is 0 Å². The summed E-state index contributed by atoms with van der Waals surface area (Å²) in [5.41, 5.74) is 1.87. The lowest BCUT2D eigenvalue weighted by atomic mass is 10.1. The Morgan fingerprint density at radius 2 is 2.04 bits per heavy atom. The van der Waals surface area contributed by atoms with Gasteiger partial charge in [-0.25, -0.2) is 0 Å². The molecule has 2 aromatic heterocycles. The van der Waals surface area contributed by atoms with E-state index in [0.717, 1.165) is 43.2 Å². The van der Waals surface area contributed by atoms with E-state index in [2.05, 4.69) is 15.2 Å². The number of ether oxygens (including phenoxy) is 1. The summed E-state index contributed by atoms with van der Waals surface area (Å²) in [6.07, 6.45) is 3.44. The molecule has 3 rings (SSSR count). The van der Waals surface area contributed by atoms with Crippen molar-refractivity contribution in [3.05, 3.63) is 53.2 Å². The number of pyridine rings is 1. The van der Waals surface area contributed by atoms with Gasteiger partial charge >= 0.3 is 0 Å². The number of amides is 1. The molecular weight excluding hydrogens is 306 g/mol. The topological polar surface area (TPSA) is 67.6 Å². The summed E-state index contributed by atoms with van der Waals surface area (Å²) in [7, 11) is 0. The van der Waals surface area contributed by atoms with Gasteiger partial charge in [-0.3, -0.25) is 14.7 Å². The average Bonchev–Trinajstić information content (AvgIpc) is 2.97. The monoisotopic (exact) mass is 329 g/mol. The Kier molecular flexibility index (Phi) is 5.27. The fourth-order valence-corrected chi connectivity index (χ4v) is 2.83. The van der Waals surface area contributed by atoms with Gasteiger partial charge < -0.3 is 14.5 Å². The molecule has 2 aromatic rings. The standard InChI is InChI=1S/C18H23N3O3/c1-13-11-16(12-21-7-9-23-10-8-21)24-17(13)18(22)20-14(2)15-3-5-19-6-4-15/h3-6,11,14H,7-10,12H2,1-2H3,(H,20,22). The summed E-state index contributed by atoms with van der Waals surface area (Å²) in [4.78, 5) is 18.8. The second-order valence-electron chi connectivity index (χ2n) is 6.09. The molecule has 0 saturated carbocycles. The summed E-state index contributed by atoms with van der Waals surface area (Å²) >= 11 is 0. The molecule has 1 fully saturated rings. The molecule has 0 aliphatic carbocycles. The Hall–Kier alpha value is -2.18. The number of carbonyl (C=O) groups excluding carboxylic acids is 1. The molecule has 1 N–H and O–H groups in total. The van der Waals surface area contributed by atoms with E-state index in [4.69, 9.17) is 9.15 Å². The molecule has 3 heterocycles. The first kappa shape index (κ1) is 16.7. The fourth-order valence-electron chi connectivity index (χ4n) is 2.83. The van der Waals surface area contributed by atoms with E-state index in [9.17, 15) is 4.79 Å². The number of rotatable bonds is 5. The summed E-state index contributed by atoms with van der Waals surface area (Å²) in [6.45, 7) is 7.82. The molecule has 0 aromatic carbocycles. The molecule has 0 radical (unpaired) electrons. The van der Waals surface area contributed by atoms with Gasteiger partial charge in [0.2, 0.25) is 0 Å². The zero-order chi connectivity index (χ0) is 16.9. The molecule has 6 nitrogen and oxygen atoms in total. The molecule has 1 saturated heterocycles. The highest BCUT2D eigenvalue weighted by molar-refractivity contribution is 5.93. The second-order valence-corrected chi connectivity index (χ2v) is 6.09. The largest absolute Gasteiger partial charge is 0.454 e. The zero-order valence-electron chi connectivity index (χ0n) is 14.1. The molecule has 1 amide bonds. The maximum absolute atomic E-state index is 12.5. The number of aryl methyl sites for hydroxylation is 1. The van der Waals surface area contributed by atoms with Crippen LogP contribution in [0.2, 0.25) is 0 Å². The number of morpholine rings is 1. The van der Waals surface area contributed by atoms with Crippen molar-refractivity contribution < 1.29 is 13.9 Å². The minimum Gasteiger partial charge on any atom is -0.454 e. The maximum Gasteiger partial charge on any atom is 0.287 e. The molecule has 24 heavy (non-hydrogen) atoms. The van der Waals surface area contributed by atoms with Crippen LogP contribution in [0.1, 0.15) is 40.4 Å². The molecule has 1 unspecified atom stereocenters. The van der Waals surface area contributed by atoms with E-state index in [1.807, 2.05) is 32.0 Å². The van der Waals surface area contributed by atoms with Crippen molar-refractivity contribution in [3.63, 3.8) is 0 Å². The summed E-state index contributed by atoms with van der Waals surface area (Å²) in [5, 5.41) is 2.98. The van der Waals surface area contributed by atoms with Crippen LogP contribution in [-0.4, -0.2) is 42.1 Å². The molecule has 0 bridgehead atoms. The Morgan fingerprint density at radius 3 is 2.75 bits per heavy atom. The number of hydrogen-bond acceptors (Lipinski definition) is 5. The van der Waals surface area contributed by atoms with E-state index in [1.54, 1.807) is 12.4 Å². The van der Waals surface area contributed by atoms with E-state index >= 15 is 0 Å². The quantitative estimate of drug-likeness (QED) is 0.912. The Balaban J connectivity index is 1.64. The lowest BCUT2D eigenvalue weighted by Crippen LogP contribution is -2.35. The molecule has 1 aliphatic heterocycles. The molecule has 0 spiro atoms. The highest BCUT2D eigenvalue weighted by Gasteiger charge is 2.20. The van der Waals surface area contributed by atoms with Crippen molar-refractivity contribution in [1.82, 2.24) is 15.2 Å². The average molecular weight is 329 g/mol. The first-order valence-electron chi connectivity index (χ1n) is 8.23. The van der Waals surface area contributed by atoms with Gasteiger partial charge in [-0.05, 0) is 37.6 Å². The lowest BCUT2D eigenvalue weighted by molar-refractivity contribution is 0.0311. The Labute approximate surface area is 141 Å². The van der Waals surface area contributed by atoms with Gasteiger partial charge in [0.1, 0.15) is 5.76 Å². The molecule has 1 aliphatic rings. The smallest absolute Gasteiger partial charge is 0.287 e. The first-order valence-corrected chi connectivity index (χ1v) is 8.23. The van der Waals surface area contributed by atoms with Crippen LogP contribution in [-0.2, 0) is 11.3 Å². The van der Waals surface area contributed by atoms with Gasteiger partial charge in [-0.1, -0.05) is 0 Å². The van der Waals surface area contributed by atoms with Crippen molar-refractivity contribution in [2.24, 2.45) is 0 Å². The number of carbonyl (C=O) groups is 1. The fraction of sp³-hybridized carbons (Fsp3) is 0.444. The van der Waals surface area contributed by atoms with Crippen LogP contribution in [0.4, 0.5) is 0 Å². The minimum atomic E-state index is -0.190. The summed E-state index contributed by atoms with van der Waals surface area (Å²) in [5.74, 6) is 1.01. The van der Waals surface area contributed by atoms with Gasteiger partial charge in [0.05, 0.1) is 25.8 Å². The van der Waals surface area contributed by atoms with Crippen LogP contribution in [0.3, 0.4) is 0 Å². The number of furan rings is 1. The van der Waals surface area contributed by atoms with Crippen molar-refractivity contribution >= 4 is 5.91 Å². The third-order valence-corrected chi connectivity index (χ3v) is 4.21. The Bertz CT molecular complexity index is 678. The van der Waals surface area contributed by atoms with Gasteiger partial charge in [0.25, 0.3) is 5.91 Å². The maximum atomic E-state index is 12.5. The summed E-state index contributed by atoms with van der Waals surface area (Å²) < 4.78 is 11.2. The Morgan fingerprint density at radius 1 is 1.33 bits per heavy atom. The molecular formula is C18H23N3O3. The van der Waals surface area contributed by atoms with Crippen LogP contribution >= 0.6 is 0 Å². The third-order valence-electron chi connectivity index (χ3n) is 4.21. The predicted molar refractivity (Wildman–Crippen MR) is 89.7 cm³/mol. The zero-order valence-corrected chi connectivity index (χ0v) is 14.1. The number of aromatic nitrogens is 1. The van der Waals surface area contributed by atoms with E-state index in [-0.39, 0.29) is 11.9 Å². The van der Waals surface area contributed by atoms with Gasteiger partial charge in [-0.15, -0.1) is 0 Å². The lowest BCUT2D eigenvalue weighted by Gasteiger charge is -2.25. The SMILES string of the molecule is Cc1cc(CN2CCOCC2)oc1C(=O)NC(C)c1ccncc1. The third kappa shape index (κ3) is 4.01.